The summed E-state index contributed by atoms with van der Waals surface area (Å²) in [5.41, 5.74) is 7.71. The van der Waals surface area contributed by atoms with Crippen LogP contribution in [-0.4, -0.2) is 18.6 Å². The maximum Gasteiger partial charge on any atom is 0.319 e. The van der Waals surface area contributed by atoms with Crippen LogP contribution in [0.3, 0.4) is 0 Å². The van der Waals surface area contributed by atoms with Gasteiger partial charge in [-0.25, -0.2) is 4.79 Å². The number of allylic oxidation sites excluding steroid dienone is 2. The molecule has 0 aromatic rings. The van der Waals surface area contributed by atoms with E-state index in [2.05, 4.69) is 17.6 Å². The van der Waals surface area contributed by atoms with Gasteiger partial charge in [0.25, 0.3) is 0 Å². The minimum Gasteiger partial charge on any atom is -0.329 e. The van der Waals surface area contributed by atoms with Crippen molar-refractivity contribution >= 4 is 6.03 Å². The summed E-state index contributed by atoms with van der Waals surface area (Å²) in [5.74, 6) is 0.295. The highest BCUT2D eigenvalue weighted by molar-refractivity contribution is 5.81. The first-order chi connectivity index (χ1) is 6.22. The molecule has 0 spiro atoms. The van der Waals surface area contributed by atoms with Crippen LogP contribution in [0.2, 0.25) is 0 Å². The van der Waals surface area contributed by atoms with Crippen molar-refractivity contribution in [2.24, 2.45) is 11.7 Å². The van der Waals surface area contributed by atoms with Crippen molar-refractivity contribution in [3.63, 3.8) is 0 Å². The predicted octanol–water partition coefficient (Wildman–Crippen LogP) is 0.0865. The summed E-state index contributed by atoms with van der Waals surface area (Å²) in [6.45, 7) is 2.63. The second-order valence-corrected chi connectivity index (χ2v) is 3.43. The molecule has 0 bridgehead atoms. The molecule has 1 aliphatic carbocycles. The highest BCUT2D eigenvalue weighted by Crippen LogP contribution is 2.25. The summed E-state index contributed by atoms with van der Waals surface area (Å²) in [6.07, 6.45) is 3.91. The van der Waals surface area contributed by atoms with Gasteiger partial charge in [0.1, 0.15) is 0 Å². The molecule has 13 heavy (non-hydrogen) atoms. The quantitative estimate of drug-likeness (QED) is 0.534. The van der Waals surface area contributed by atoms with Gasteiger partial charge in [-0.05, 0) is 6.08 Å². The van der Waals surface area contributed by atoms with Crippen LogP contribution < -0.4 is 16.4 Å². The number of fused-ring (bicyclic) bond motifs is 1. The number of nitrogens with two attached hydrogens (primary N) is 1. The standard InChI is InChI=1S/C9H13N3O/c1-5-6(4-10)2-3-7-8(5)12-9(13)11-7/h2-3,5,8H,4,10H2,1H3,(H2,11,12,13). The summed E-state index contributed by atoms with van der Waals surface area (Å²) in [7, 11) is 0. The minimum atomic E-state index is -0.116. The van der Waals surface area contributed by atoms with Gasteiger partial charge in [0.2, 0.25) is 0 Å². The zero-order valence-corrected chi connectivity index (χ0v) is 7.50. The summed E-state index contributed by atoms with van der Waals surface area (Å²) < 4.78 is 0. The Morgan fingerprint density at radius 1 is 1.54 bits per heavy atom. The van der Waals surface area contributed by atoms with Gasteiger partial charge in [0, 0.05) is 18.2 Å². The van der Waals surface area contributed by atoms with E-state index in [4.69, 9.17) is 5.73 Å². The van der Waals surface area contributed by atoms with Gasteiger partial charge in [-0.1, -0.05) is 18.6 Å². The fourth-order valence-electron chi connectivity index (χ4n) is 1.82. The smallest absolute Gasteiger partial charge is 0.319 e. The van der Waals surface area contributed by atoms with Gasteiger partial charge in [-0.2, -0.15) is 0 Å². The molecule has 1 aliphatic heterocycles. The summed E-state index contributed by atoms with van der Waals surface area (Å²) >= 11 is 0. The molecule has 0 aromatic carbocycles. The fourth-order valence-corrected chi connectivity index (χ4v) is 1.82. The first-order valence-corrected chi connectivity index (χ1v) is 4.40. The third-order valence-corrected chi connectivity index (χ3v) is 2.68. The number of nitrogens with one attached hydrogen (secondary N) is 2. The highest BCUT2D eigenvalue weighted by atomic mass is 16.2. The van der Waals surface area contributed by atoms with Crippen LogP contribution in [0.25, 0.3) is 0 Å². The first-order valence-electron chi connectivity index (χ1n) is 4.40. The molecule has 4 nitrogen and oxygen atoms in total. The van der Waals surface area contributed by atoms with Crippen LogP contribution in [0, 0.1) is 5.92 Å². The van der Waals surface area contributed by atoms with Gasteiger partial charge >= 0.3 is 6.03 Å². The molecule has 0 saturated carbocycles. The molecule has 1 saturated heterocycles. The number of carbonyl (C=O) groups excluding carboxylic acids is 1. The van der Waals surface area contributed by atoms with E-state index in [1.165, 1.54) is 5.57 Å². The van der Waals surface area contributed by atoms with Crippen molar-refractivity contribution in [3.8, 4) is 0 Å². The van der Waals surface area contributed by atoms with Gasteiger partial charge in [-0.15, -0.1) is 0 Å². The largest absolute Gasteiger partial charge is 0.329 e. The van der Waals surface area contributed by atoms with Gasteiger partial charge in [0.15, 0.2) is 0 Å². The molecule has 2 atom stereocenters. The van der Waals surface area contributed by atoms with Crippen molar-refractivity contribution < 1.29 is 4.79 Å². The third-order valence-electron chi connectivity index (χ3n) is 2.68. The lowest BCUT2D eigenvalue weighted by molar-refractivity contribution is 0.247. The Hall–Kier alpha value is -1.29. The second kappa shape index (κ2) is 2.88. The van der Waals surface area contributed by atoms with Crippen molar-refractivity contribution in [2.75, 3.05) is 6.54 Å². The van der Waals surface area contributed by atoms with Crippen LogP contribution in [0.4, 0.5) is 4.79 Å². The van der Waals surface area contributed by atoms with E-state index >= 15 is 0 Å². The van der Waals surface area contributed by atoms with Crippen LogP contribution >= 0.6 is 0 Å². The van der Waals surface area contributed by atoms with Crippen molar-refractivity contribution in [1.29, 1.82) is 0 Å². The molecular formula is C9H13N3O. The third kappa shape index (κ3) is 1.23. The Labute approximate surface area is 76.9 Å². The van der Waals surface area contributed by atoms with E-state index < -0.39 is 0 Å². The summed E-state index contributed by atoms with van der Waals surface area (Å²) in [5, 5.41) is 5.61. The molecule has 4 N–H and O–H groups in total. The molecule has 0 aromatic heterocycles. The Bertz CT molecular complexity index is 306. The molecule has 2 aliphatic rings. The zero-order chi connectivity index (χ0) is 9.42. The van der Waals surface area contributed by atoms with Crippen LogP contribution in [-0.2, 0) is 0 Å². The zero-order valence-electron chi connectivity index (χ0n) is 7.50. The average Bonchev–Trinajstić information content (AvgIpc) is 2.47. The van der Waals surface area contributed by atoms with Gasteiger partial charge < -0.3 is 16.4 Å². The fraction of sp³-hybridized carbons (Fsp3) is 0.444. The Morgan fingerprint density at radius 2 is 2.31 bits per heavy atom. The van der Waals surface area contributed by atoms with Gasteiger partial charge in [0.05, 0.1) is 6.04 Å². The number of hydrogen-bond acceptors (Lipinski definition) is 2. The van der Waals surface area contributed by atoms with E-state index in [9.17, 15) is 4.79 Å². The Morgan fingerprint density at radius 3 is 3.00 bits per heavy atom. The van der Waals surface area contributed by atoms with Crippen LogP contribution in [0.5, 0.6) is 0 Å². The molecule has 1 heterocycles. The molecule has 70 valence electrons. The summed E-state index contributed by atoms with van der Waals surface area (Å²) in [4.78, 5) is 11.0. The topological polar surface area (TPSA) is 67.1 Å². The maximum absolute atomic E-state index is 11.0. The van der Waals surface area contributed by atoms with E-state index in [0.717, 1.165) is 5.70 Å². The van der Waals surface area contributed by atoms with Crippen molar-refractivity contribution in [2.45, 2.75) is 13.0 Å². The van der Waals surface area contributed by atoms with E-state index in [1.807, 2.05) is 12.2 Å². The predicted molar refractivity (Wildman–Crippen MR) is 49.8 cm³/mol. The van der Waals surface area contributed by atoms with Crippen molar-refractivity contribution in [3.05, 3.63) is 23.4 Å². The van der Waals surface area contributed by atoms with E-state index in [0.29, 0.717) is 12.5 Å². The number of hydrogen-bond donors (Lipinski definition) is 3. The Balaban J connectivity index is 2.27. The number of rotatable bonds is 1. The first kappa shape index (κ1) is 8.31. The molecule has 1 fully saturated rings. The van der Waals surface area contributed by atoms with Crippen LogP contribution in [0.1, 0.15) is 6.92 Å². The summed E-state index contributed by atoms with van der Waals surface area (Å²) in [6, 6.07) is -0.0224. The second-order valence-electron chi connectivity index (χ2n) is 3.43. The van der Waals surface area contributed by atoms with Gasteiger partial charge in [-0.3, -0.25) is 0 Å². The average molecular weight is 179 g/mol. The van der Waals surface area contributed by atoms with E-state index in [-0.39, 0.29) is 12.1 Å². The number of urea groups is 1. The molecule has 2 unspecified atom stereocenters. The lowest BCUT2D eigenvalue weighted by Gasteiger charge is -2.24. The molecule has 2 rings (SSSR count). The lowest BCUT2D eigenvalue weighted by Crippen LogP contribution is -2.35. The number of carbonyl (C=O) groups is 1. The van der Waals surface area contributed by atoms with E-state index in [1.54, 1.807) is 0 Å². The lowest BCUT2D eigenvalue weighted by atomic mass is 9.87. The number of amides is 2. The molecular weight excluding hydrogens is 166 g/mol. The molecule has 0 radical (unpaired) electrons. The Kier molecular flexibility index (Phi) is 1.84. The minimum absolute atomic E-state index is 0.0936. The maximum atomic E-state index is 11.0. The van der Waals surface area contributed by atoms with Crippen LogP contribution in [0.15, 0.2) is 23.4 Å². The highest BCUT2D eigenvalue weighted by Gasteiger charge is 2.33. The monoisotopic (exact) mass is 179 g/mol. The molecule has 4 heteroatoms. The normalized spacial score (nSPS) is 31.4. The SMILES string of the molecule is CC1C(CN)=CC=C2NC(=O)NC21. The van der Waals surface area contributed by atoms with Crippen molar-refractivity contribution in [1.82, 2.24) is 10.6 Å². The molecule has 2 amide bonds.